The van der Waals surface area contributed by atoms with E-state index in [9.17, 15) is 4.79 Å². The van der Waals surface area contributed by atoms with Crippen LogP contribution in [0.5, 0.6) is 5.75 Å². The van der Waals surface area contributed by atoms with Crippen molar-refractivity contribution in [2.75, 3.05) is 13.7 Å². The van der Waals surface area contributed by atoms with Crippen molar-refractivity contribution in [1.82, 2.24) is 10.6 Å². The van der Waals surface area contributed by atoms with Crippen LogP contribution >= 0.6 is 11.6 Å². The summed E-state index contributed by atoms with van der Waals surface area (Å²) < 4.78 is 5.27. The lowest BCUT2D eigenvalue weighted by Crippen LogP contribution is -2.33. The first-order valence-electron chi connectivity index (χ1n) is 6.89. The molecule has 0 aliphatic heterocycles. The lowest BCUT2D eigenvalue weighted by molar-refractivity contribution is -0.121. The Morgan fingerprint density at radius 2 is 2.20 bits per heavy atom. The summed E-state index contributed by atoms with van der Waals surface area (Å²) in [6, 6.07) is 5.74. The van der Waals surface area contributed by atoms with Crippen LogP contribution in [-0.4, -0.2) is 25.6 Å². The van der Waals surface area contributed by atoms with Gasteiger partial charge in [0.2, 0.25) is 5.91 Å². The Hall–Kier alpha value is -1.26. The van der Waals surface area contributed by atoms with Crippen molar-refractivity contribution in [2.45, 2.75) is 39.3 Å². The molecule has 2 N–H and O–H groups in total. The van der Waals surface area contributed by atoms with Gasteiger partial charge in [-0.3, -0.25) is 4.79 Å². The molecule has 0 saturated heterocycles. The van der Waals surface area contributed by atoms with Crippen LogP contribution in [0.25, 0.3) is 0 Å². The van der Waals surface area contributed by atoms with Crippen LogP contribution in [0.3, 0.4) is 0 Å². The minimum Gasteiger partial charge on any atom is -0.496 e. The van der Waals surface area contributed by atoms with E-state index in [1.54, 1.807) is 13.2 Å². The van der Waals surface area contributed by atoms with Gasteiger partial charge in [0.25, 0.3) is 0 Å². The fourth-order valence-electron chi connectivity index (χ4n) is 1.76. The minimum atomic E-state index is 0.0740. The number of hydrogen-bond acceptors (Lipinski definition) is 3. The average Bonchev–Trinajstić information content (AvgIpc) is 2.43. The third-order valence-corrected chi connectivity index (χ3v) is 3.34. The Labute approximate surface area is 125 Å². The van der Waals surface area contributed by atoms with Gasteiger partial charge in [-0.05, 0) is 31.5 Å². The van der Waals surface area contributed by atoms with Gasteiger partial charge >= 0.3 is 0 Å². The highest BCUT2D eigenvalue weighted by atomic mass is 35.5. The number of amides is 1. The fourth-order valence-corrected chi connectivity index (χ4v) is 1.95. The van der Waals surface area contributed by atoms with Crippen LogP contribution < -0.4 is 15.4 Å². The molecular weight excluding hydrogens is 276 g/mol. The summed E-state index contributed by atoms with van der Waals surface area (Å²) in [6.45, 7) is 5.30. The van der Waals surface area contributed by atoms with Gasteiger partial charge in [-0.1, -0.05) is 18.5 Å². The Morgan fingerprint density at radius 3 is 2.85 bits per heavy atom. The molecule has 0 aromatic heterocycles. The summed E-state index contributed by atoms with van der Waals surface area (Å²) in [5.74, 6) is 0.871. The lowest BCUT2D eigenvalue weighted by Gasteiger charge is -2.12. The molecule has 5 heteroatoms. The predicted octanol–water partition coefficient (Wildman–Crippen LogP) is 2.74. The summed E-state index contributed by atoms with van der Waals surface area (Å²) in [5, 5.41) is 6.84. The molecule has 4 nitrogen and oxygen atoms in total. The predicted molar refractivity (Wildman–Crippen MR) is 82.2 cm³/mol. The molecule has 0 heterocycles. The maximum absolute atomic E-state index is 11.6. The first-order chi connectivity index (χ1) is 9.56. The van der Waals surface area contributed by atoms with Gasteiger partial charge in [0.15, 0.2) is 0 Å². The van der Waals surface area contributed by atoms with Gasteiger partial charge in [-0.15, -0.1) is 0 Å². The van der Waals surface area contributed by atoms with Crippen molar-refractivity contribution in [3.05, 3.63) is 28.8 Å². The van der Waals surface area contributed by atoms with Crippen molar-refractivity contribution in [3.8, 4) is 5.75 Å². The van der Waals surface area contributed by atoms with Crippen molar-refractivity contribution < 1.29 is 9.53 Å². The second kappa shape index (κ2) is 8.82. The first-order valence-corrected chi connectivity index (χ1v) is 7.27. The second-order valence-electron chi connectivity index (χ2n) is 4.76. The van der Waals surface area contributed by atoms with Crippen LogP contribution in [0.15, 0.2) is 18.2 Å². The van der Waals surface area contributed by atoms with E-state index in [0.29, 0.717) is 24.5 Å². The number of methoxy groups -OCH3 is 1. The van der Waals surface area contributed by atoms with Gasteiger partial charge < -0.3 is 15.4 Å². The summed E-state index contributed by atoms with van der Waals surface area (Å²) in [6.07, 6.45) is 1.41. The minimum absolute atomic E-state index is 0.0740. The van der Waals surface area contributed by atoms with Crippen LogP contribution in [0.1, 0.15) is 32.3 Å². The number of halogens is 1. The smallest absolute Gasteiger partial charge is 0.221 e. The number of benzene rings is 1. The maximum atomic E-state index is 11.6. The largest absolute Gasteiger partial charge is 0.496 e. The number of ether oxygens (including phenoxy) is 1. The molecule has 0 bridgehead atoms. The van der Waals surface area contributed by atoms with E-state index >= 15 is 0 Å². The Kier molecular flexibility index (Phi) is 7.41. The van der Waals surface area contributed by atoms with Gasteiger partial charge in [0.1, 0.15) is 5.75 Å². The third-order valence-electron chi connectivity index (χ3n) is 3.11. The molecule has 0 aliphatic carbocycles. The van der Waals surface area contributed by atoms with Gasteiger partial charge in [-0.25, -0.2) is 0 Å². The molecule has 1 aromatic rings. The zero-order valence-corrected chi connectivity index (χ0v) is 13.1. The summed E-state index contributed by atoms with van der Waals surface area (Å²) in [7, 11) is 1.63. The molecule has 0 spiro atoms. The topological polar surface area (TPSA) is 50.4 Å². The molecule has 20 heavy (non-hydrogen) atoms. The molecule has 1 amide bonds. The lowest BCUT2D eigenvalue weighted by atomic mass is 10.2. The van der Waals surface area contributed by atoms with Crippen molar-refractivity contribution in [2.24, 2.45) is 0 Å². The van der Waals surface area contributed by atoms with Gasteiger partial charge in [0, 0.05) is 36.1 Å². The van der Waals surface area contributed by atoms with Crippen LogP contribution in [0.4, 0.5) is 0 Å². The van der Waals surface area contributed by atoms with Crippen LogP contribution in [-0.2, 0) is 11.3 Å². The van der Waals surface area contributed by atoms with Crippen LogP contribution in [0.2, 0.25) is 5.02 Å². The normalized spacial score (nSPS) is 12.0. The van der Waals surface area contributed by atoms with Crippen molar-refractivity contribution in [1.29, 1.82) is 0 Å². The third kappa shape index (κ3) is 5.80. The highest BCUT2D eigenvalue weighted by molar-refractivity contribution is 6.30. The summed E-state index contributed by atoms with van der Waals surface area (Å²) in [5.41, 5.74) is 0.988. The number of carbonyl (C=O) groups excluding carboxylic acids is 1. The molecule has 0 fully saturated rings. The average molecular weight is 299 g/mol. The SMILES string of the molecule is CCC(C)NC(=O)CCNCc1cc(Cl)ccc1OC. The van der Waals surface area contributed by atoms with Crippen molar-refractivity contribution in [3.63, 3.8) is 0 Å². The number of rotatable bonds is 8. The highest BCUT2D eigenvalue weighted by Crippen LogP contribution is 2.22. The number of carbonyl (C=O) groups is 1. The Bertz CT molecular complexity index is 438. The van der Waals surface area contributed by atoms with Crippen molar-refractivity contribution >= 4 is 17.5 Å². The fraction of sp³-hybridized carbons (Fsp3) is 0.533. The molecule has 1 unspecified atom stereocenters. The molecule has 0 aliphatic rings. The van der Waals surface area contributed by atoms with E-state index < -0.39 is 0 Å². The molecule has 1 rings (SSSR count). The molecule has 112 valence electrons. The zero-order chi connectivity index (χ0) is 15.0. The summed E-state index contributed by atoms with van der Waals surface area (Å²) >= 11 is 5.96. The van der Waals surface area contributed by atoms with E-state index in [1.807, 2.05) is 19.1 Å². The van der Waals surface area contributed by atoms with E-state index in [-0.39, 0.29) is 11.9 Å². The van der Waals surface area contributed by atoms with E-state index in [0.717, 1.165) is 17.7 Å². The molecule has 0 saturated carbocycles. The van der Waals surface area contributed by atoms with Gasteiger partial charge in [0.05, 0.1) is 7.11 Å². The Balaban J connectivity index is 2.34. The molecule has 1 atom stereocenters. The Morgan fingerprint density at radius 1 is 1.45 bits per heavy atom. The standard InChI is InChI=1S/C15H23ClN2O2/c1-4-11(2)18-15(19)7-8-17-10-12-9-13(16)5-6-14(12)20-3/h5-6,9,11,17H,4,7-8,10H2,1-3H3,(H,18,19). The maximum Gasteiger partial charge on any atom is 0.221 e. The first kappa shape index (κ1) is 16.8. The molecular formula is C15H23ClN2O2. The number of nitrogens with one attached hydrogen (secondary N) is 2. The van der Waals surface area contributed by atoms with Crippen LogP contribution in [0, 0.1) is 0 Å². The second-order valence-corrected chi connectivity index (χ2v) is 5.20. The van der Waals surface area contributed by atoms with Gasteiger partial charge in [-0.2, -0.15) is 0 Å². The molecule has 1 aromatic carbocycles. The monoisotopic (exact) mass is 298 g/mol. The summed E-state index contributed by atoms with van der Waals surface area (Å²) in [4.78, 5) is 11.6. The zero-order valence-electron chi connectivity index (χ0n) is 12.3. The number of hydrogen-bond donors (Lipinski definition) is 2. The quantitative estimate of drug-likeness (QED) is 0.726. The highest BCUT2D eigenvalue weighted by Gasteiger charge is 2.06. The molecule has 0 radical (unpaired) electrons. The van der Waals surface area contributed by atoms with E-state index in [4.69, 9.17) is 16.3 Å². The van der Waals surface area contributed by atoms with E-state index in [2.05, 4.69) is 17.6 Å². The van der Waals surface area contributed by atoms with E-state index in [1.165, 1.54) is 0 Å².